The first-order valence-electron chi connectivity index (χ1n) is 5.47. The van der Waals surface area contributed by atoms with E-state index in [1.807, 2.05) is 42.0 Å². The summed E-state index contributed by atoms with van der Waals surface area (Å²) in [5.74, 6) is 0.757. The van der Waals surface area contributed by atoms with Crippen LogP contribution in [0.3, 0.4) is 0 Å². The van der Waals surface area contributed by atoms with Crippen molar-refractivity contribution < 1.29 is 0 Å². The number of nitrogens with zero attached hydrogens (tertiary/aromatic N) is 2. The fourth-order valence-corrected chi connectivity index (χ4v) is 2.16. The van der Waals surface area contributed by atoms with Crippen molar-refractivity contribution >= 4 is 39.2 Å². The monoisotopic (exact) mass is 325 g/mol. The van der Waals surface area contributed by atoms with E-state index in [0.717, 1.165) is 21.8 Å². The SMILES string of the molecule is C=CCn1cc(C)nc1Nc1cc(Br)ccc1Cl. The van der Waals surface area contributed by atoms with E-state index in [4.69, 9.17) is 11.6 Å². The van der Waals surface area contributed by atoms with Crippen LogP contribution in [-0.4, -0.2) is 9.55 Å². The molecule has 0 aliphatic heterocycles. The van der Waals surface area contributed by atoms with Crippen LogP contribution >= 0.6 is 27.5 Å². The van der Waals surface area contributed by atoms with Gasteiger partial charge in [-0.25, -0.2) is 4.98 Å². The first-order chi connectivity index (χ1) is 8.60. The second kappa shape index (κ2) is 5.59. The number of aromatic nitrogens is 2. The van der Waals surface area contributed by atoms with Gasteiger partial charge in [-0.15, -0.1) is 6.58 Å². The smallest absolute Gasteiger partial charge is 0.207 e. The number of halogens is 2. The Kier molecular flexibility index (Phi) is 4.09. The van der Waals surface area contributed by atoms with Crippen molar-refractivity contribution in [3.63, 3.8) is 0 Å². The second-order valence-electron chi connectivity index (χ2n) is 3.90. The van der Waals surface area contributed by atoms with Crippen LogP contribution in [0.5, 0.6) is 0 Å². The number of hydrogen-bond donors (Lipinski definition) is 1. The number of aryl methyl sites for hydroxylation is 1. The van der Waals surface area contributed by atoms with Crippen LogP contribution in [0.25, 0.3) is 0 Å². The summed E-state index contributed by atoms with van der Waals surface area (Å²) in [6.45, 7) is 6.39. The number of nitrogens with one attached hydrogen (secondary N) is 1. The quantitative estimate of drug-likeness (QED) is 0.836. The van der Waals surface area contributed by atoms with E-state index in [2.05, 4.69) is 32.8 Å². The number of anilines is 2. The Balaban J connectivity index is 2.33. The van der Waals surface area contributed by atoms with E-state index in [-0.39, 0.29) is 0 Å². The van der Waals surface area contributed by atoms with Crippen LogP contribution in [0.15, 0.2) is 41.5 Å². The number of allylic oxidation sites excluding steroid dienone is 1. The molecule has 3 nitrogen and oxygen atoms in total. The highest BCUT2D eigenvalue weighted by atomic mass is 79.9. The second-order valence-corrected chi connectivity index (χ2v) is 5.22. The summed E-state index contributed by atoms with van der Waals surface area (Å²) in [6, 6.07) is 5.65. The van der Waals surface area contributed by atoms with Crippen molar-refractivity contribution in [1.82, 2.24) is 9.55 Å². The van der Waals surface area contributed by atoms with Crippen LogP contribution in [0.2, 0.25) is 5.02 Å². The zero-order valence-electron chi connectivity index (χ0n) is 9.95. The third-order valence-electron chi connectivity index (χ3n) is 2.40. The first-order valence-corrected chi connectivity index (χ1v) is 6.64. The van der Waals surface area contributed by atoms with Gasteiger partial charge in [-0.05, 0) is 25.1 Å². The van der Waals surface area contributed by atoms with Gasteiger partial charge in [0.2, 0.25) is 5.95 Å². The zero-order chi connectivity index (χ0) is 13.1. The summed E-state index contributed by atoms with van der Waals surface area (Å²) in [6.07, 6.45) is 3.80. The molecule has 1 N–H and O–H groups in total. The van der Waals surface area contributed by atoms with Gasteiger partial charge in [0, 0.05) is 17.2 Å². The highest BCUT2D eigenvalue weighted by molar-refractivity contribution is 9.10. The first kappa shape index (κ1) is 13.2. The molecule has 5 heteroatoms. The highest BCUT2D eigenvalue weighted by Gasteiger charge is 2.07. The van der Waals surface area contributed by atoms with E-state index < -0.39 is 0 Å². The predicted octanol–water partition coefficient (Wildman–Crippen LogP) is 4.54. The Labute approximate surface area is 120 Å². The Morgan fingerprint density at radius 3 is 3.06 bits per heavy atom. The normalized spacial score (nSPS) is 10.4. The lowest BCUT2D eigenvalue weighted by Gasteiger charge is -2.09. The molecule has 0 radical (unpaired) electrons. The summed E-state index contributed by atoms with van der Waals surface area (Å²) in [7, 11) is 0. The predicted molar refractivity (Wildman–Crippen MR) is 79.6 cm³/mol. The van der Waals surface area contributed by atoms with Crippen LogP contribution < -0.4 is 5.32 Å². The molecule has 1 aromatic carbocycles. The molecular weight excluding hydrogens is 314 g/mol. The average Bonchev–Trinajstić information content (AvgIpc) is 2.65. The molecular formula is C13H13BrClN3. The topological polar surface area (TPSA) is 29.9 Å². The van der Waals surface area contributed by atoms with E-state index >= 15 is 0 Å². The maximum atomic E-state index is 6.14. The molecule has 18 heavy (non-hydrogen) atoms. The number of rotatable bonds is 4. The van der Waals surface area contributed by atoms with Crippen molar-refractivity contribution in [2.75, 3.05) is 5.32 Å². The lowest BCUT2D eigenvalue weighted by atomic mass is 10.3. The maximum absolute atomic E-state index is 6.14. The molecule has 0 fully saturated rings. The molecule has 2 rings (SSSR count). The van der Waals surface area contributed by atoms with Crippen molar-refractivity contribution in [3.8, 4) is 0 Å². The molecule has 94 valence electrons. The minimum atomic E-state index is 0.656. The molecule has 0 aliphatic rings. The van der Waals surface area contributed by atoms with E-state index in [1.165, 1.54) is 0 Å². The molecule has 0 unspecified atom stereocenters. The van der Waals surface area contributed by atoms with Gasteiger partial charge in [-0.3, -0.25) is 0 Å². The molecule has 0 saturated carbocycles. The summed E-state index contributed by atoms with van der Waals surface area (Å²) >= 11 is 9.56. The Hall–Kier alpha value is -1.26. The minimum Gasteiger partial charge on any atom is -0.324 e. The summed E-state index contributed by atoms with van der Waals surface area (Å²) in [5.41, 5.74) is 1.77. The largest absolute Gasteiger partial charge is 0.324 e. The third-order valence-corrected chi connectivity index (χ3v) is 3.22. The van der Waals surface area contributed by atoms with Crippen molar-refractivity contribution in [3.05, 3.63) is 52.2 Å². The van der Waals surface area contributed by atoms with Gasteiger partial charge in [0.15, 0.2) is 0 Å². The highest BCUT2D eigenvalue weighted by Crippen LogP contribution is 2.28. The van der Waals surface area contributed by atoms with Gasteiger partial charge in [-0.1, -0.05) is 33.6 Å². The Bertz CT molecular complexity index is 578. The third kappa shape index (κ3) is 2.94. The molecule has 1 heterocycles. The molecule has 0 amide bonds. The van der Waals surface area contributed by atoms with E-state index in [0.29, 0.717) is 11.6 Å². The zero-order valence-corrected chi connectivity index (χ0v) is 12.3. The van der Waals surface area contributed by atoms with Gasteiger partial charge >= 0.3 is 0 Å². The van der Waals surface area contributed by atoms with E-state index in [1.54, 1.807) is 0 Å². The van der Waals surface area contributed by atoms with Crippen LogP contribution in [-0.2, 0) is 6.54 Å². The maximum Gasteiger partial charge on any atom is 0.207 e. The van der Waals surface area contributed by atoms with Crippen molar-refractivity contribution in [2.45, 2.75) is 13.5 Å². The summed E-state index contributed by atoms with van der Waals surface area (Å²) in [5, 5.41) is 3.89. The van der Waals surface area contributed by atoms with Crippen LogP contribution in [0.1, 0.15) is 5.69 Å². The van der Waals surface area contributed by atoms with E-state index in [9.17, 15) is 0 Å². The van der Waals surface area contributed by atoms with Gasteiger partial charge in [0.25, 0.3) is 0 Å². The van der Waals surface area contributed by atoms with Gasteiger partial charge in [0.05, 0.1) is 16.4 Å². The number of imidazole rings is 1. The summed E-state index contributed by atoms with van der Waals surface area (Å²) in [4.78, 5) is 4.43. The van der Waals surface area contributed by atoms with Gasteiger partial charge in [0.1, 0.15) is 0 Å². The van der Waals surface area contributed by atoms with Crippen LogP contribution in [0, 0.1) is 6.92 Å². The molecule has 0 bridgehead atoms. The average molecular weight is 327 g/mol. The Morgan fingerprint density at radius 1 is 1.56 bits per heavy atom. The van der Waals surface area contributed by atoms with Gasteiger partial charge in [-0.2, -0.15) is 0 Å². The minimum absolute atomic E-state index is 0.656. The standard InChI is InChI=1S/C13H13BrClN3/c1-3-6-18-8-9(2)16-13(18)17-12-7-10(14)4-5-11(12)15/h3-5,7-8H,1,6H2,2H3,(H,16,17). The van der Waals surface area contributed by atoms with Crippen LogP contribution in [0.4, 0.5) is 11.6 Å². The molecule has 0 aliphatic carbocycles. The Morgan fingerprint density at radius 2 is 2.33 bits per heavy atom. The van der Waals surface area contributed by atoms with Gasteiger partial charge < -0.3 is 9.88 Å². The molecule has 2 aromatic rings. The summed E-state index contributed by atoms with van der Waals surface area (Å²) < 4.78 is 2.95. The molecule has 0 saturated heterocycles. The lowest BCUT2D eigenvalue weighted by molar-refractivity contribution is 0.832. The fraction of sp³-hybridized carbons (Fsp3) is 0.154. The lowest BCUT2D eigenvalue weighted by Crippen LogP contribution is -2.02. The molecule has 1 aromatic heterocycles. The number of benzene rings is 1. The van der Waals surface area contributed by atoms with Crippen molar-refractivity contribution in [2.24, 2.45) is 0 Å². The fourth-order valence-electron chi connectivity index (χ4n) is 1.64. The number of hydrogen-bond acceptors (Lipinski definition) is 2. The van der Waals surface area contributed by atoms with Crippen molar-refractivity contribution in [1.29, 1.82) is 0 Å². The molecule has 0 spiro atoms. The molecule has 0 atom stereocenters.